The predicted octanol–water partition coefficient (Wildman–Crippen LogP) is 4.56. The van der Waals surface area contributed by atoms with Gasteiger partial charge in [-0.05, 0) is 74.8 Å². The zero-order valence-electron chi connectivity index (χ0n) is 20.3. The maximum atomic E-state index is 13.2. The Hall–Kier alpha value is -3.84. The standard InChI is InChI=1S/C28H30N4O3/c1-28(2,3)35-27(34)32-24-12-11-22(15-24)25(32)26(33)31-23(17-30)14-18-7-9-20(10-8-18)21-6-4-5-19(13-21)16-29/h4-10,13,22-25H,11-12,14-15H2,1-3H3,(H,31,33)/t22?,23-,24+,25-/m0/s1. The number of carbonyl (C=O) groups is 2. The molecule has 0 radical (unpaired) electrons. The van der Waals surface area contributed by atoms with Crippen molar-refractivity contribution in [2.75, 3.05) is 0 Å². The van der Waals surface area contributed by atoms with E-state index in [2.05, 4.69) is 17.5 Å². The second-order valence-corrected chi connectivity index (χ2v) is 10.3. The number of likely N-dealkylation sites (tertiary alicyclic amines) is 1. The van der Waals surface area contributed by atoms with E-state index >= 15 is 0 Å². The van der Waals surface area contributed by atoms with Gasteiger partial charge in [0.15, 0.2) is 0 Å². The lowest BCUT2D eigenvalue weighted by molar-refractivity contribution is -0.128. The lowest BCUT2D eigenvalue weighted by Crippen LogP contribution is -2.55. The van der Waals surface area contributed by atoms with Gasteiger partial charge in [0.1, 0.15) is 17.7 Å². The molecule has 4 atom stereocenters. The van der Waals surface area contributed by atoms with Gasteiger partial charge in [-0.3, -0.25) is 9.69 Å². The van der Waals surface area contributed by atoms with Crippen LogP contribution in [-0.4, -0.2) is 40.6 Å². The Morgan fingerprint density at radius 2 is 1.86 bits per heavy atom. The lowest BCUT2D eigenvalue weighted by atomic mass is 9.97. The van der Waals surface area contributed by atoms with Crippen molar-refractivity contribution < 1.29 is 14.3 Å². The van der Waals surface area contributed by atoms with Gasteiger partial charge in [0.25, 0.3) is 0 Å². The third-order valence-corrected chi connectivity index (χ3v) is 6.65. The quantitative estimate of drug-likeness (QED) is 0.689. The summed E-state index contributed by atoms with van der Waals surface area (Å²) < 4.78 is 5.57. The molecule has 1 aliphatic heterocycles. The normalized spacial score (nSPS) is 21.6. The molecule has 1 aliphatic carbocycles. The molecule has 0 spiro atoms. The van der Waals surface area contributed by atoms with Crippen LogP contribution in [0.25, 0.3) is 11.1 Å². The van der Waals surface area contributed by atoms with Gasteiger partial charge in [0, 0.05) is 12.5 Å². The third kappa shape index (κ3) is 5.46. The monoisotopic (exact) mass is 470 g/mol. The van der Waals surface area contributed by atoms with E-state index < -0.39 is 23.8 Å². The second-order valence-electron chi connectivity index (χ2n) is 10.3. The lowest BCUT2D eigenvalue weighted by Gasteiger charge is -2.35. The minimum Gasteiger partial charge on any atom is -0.444 e. The van der Waals surface area contributed by atoms with Crippen LogP contribution in [0.1, 0.15) is 51.2 Å². The first-order valence-electron chi connectivity index (χ1n) is 12.0. The first kappa shape index (κ1) is 24.3. The van der Waals surface area contributed by atoms with Gasteiger partial charge in [-0.25, -0.2) is 4.79 Å². The summed E-state index contributed by atoms with van der Waals surface area (Å²) >= 11 is 0. The van der Waals surface area contributed by atoms with Crippen molar-refractivity contribution in [3.8, 4) is 23.3 Å². The Morgan fingerprint density at radius 3 is 2.51 bits per heavy atom. The highest BCUT2D eigenvalue weighted by Gasteiger charge is 2.52. The summed E-state index contributed by atoms with van der Waals surface area (Å²) in [6.07, 6.45) is 2.46. The van der Waals surface area contributed by atoms with Crippen LogP contribution in [0.5, 0.6) is 0 Å². The van der Waals surface area contributed by atoms with Gasteiger partial charge in [0.2, 0.25) is 5.91 Å². The molecule has 1 saturated heterocycles. The number of rotatable bonds is 5. The molecule has 7 nitrogen and oxygen atoms in total. The van der Waals surface area contributed by atoms with Crippen molar-refractivity contribution in [3.63, 3.8) is 0 Å². The zero-order valence-corrected chi connectivity index (χ0v) is 20.3. The predicted molar refractivity (Wildman–Crippen MR) is 131 cm³/mol. The summed E-state index contributed by atoms with van der Waals surface area (Å²) in [5.74, 6) is -0.199. The van der Waals surface area contributed by atoms with Crippen molar-refractivity contribution in [3.05, 3.63) is 59.7 Å². The summed E-state index contributed by atoms with van der Waals surface area (Å²) in [4.78, 5) is 27.7. The maximum absolute atomic E-state index is 13.2. The van der Waals surface area contributed by atoms with Gasteiger partial charge in [0.05, 0.1) is 17.7 Å². The number of nitrogens with zero attached hydrogens (tertiary/aromatic N) is 3. The van der Waals surface area contributed by atoms with Crippen LogP contribution < -0.4 is 5.32 Å². The summed E-state index contributed by atoms with van der Waals surface area (Å²) in [5, 5.41) is 21.7. The number of hydrogen-bond donors (Lipinski definition) is 1. The van der Waals surface area contributed by atoms with E-state index in [0.29, 0.717) is 12.0 Å². The Bertz CT molecular complexity index is 1190. The first-order valence-corrected chi connectivity index (χ1v) is 12.0. The number of piperidine rings is 1. The van der Waals surface area contributed by atoms with E-state index in [1.54, 1.807) is 11.0 Å². The van der Waals surface area contributed by atoms with E-state index in [1.807, 2.05) is 63.2 Å². The van der Waals surface area contributed by atoms with Crippen molar-refractivity contribution in [2.45, 2.75) is 70.2 Å². The van der Waals surface area contributed by atoms with Crippen molar-refractivity contribution in [2.24, 2.45) is 5.92 Å². The van der Waals surface area contributed by atoms with Crippen LogP contribution in [0.15, 0.2) is 48.5 Å². The molecule has 1 heterocycles. The molecule has 0 aromatic heterocycles. The van der Waals surface area contributed by atoms with Crippen LogP contribution in [-0.2, 0) is 16.0 Å². The smallest absolute Gasteiger partial charge is 0.411 e. The molecule has 180 valence electrons. The average Bonchev–Trinajstić information content (AvgIpc) is 3.45. The molecule has 2 aromatic carbocycles. The highest BCUT2D eigenvalue weighted by molar-refractivity contribution is 5.87. The SMILES string of the molecule is CC(C)(C)OC(=O)N1[C@@H]2CCC(C2)[C@H]1C(=O)N[C@H](C#N)Cc1ccc(-c2cccc(C#N)c2)cc1. The largest absolute Gasteiger partial charge is 0.444 e. The molecule has 35 heavy (non-hydrogen) atoms. The molecular weight excluding hydrogens is 440 g/mol. The molecule has 7 heteroatoms. The Labute approximate surface area is 206 Å². The molecule has 1 saturated carbocycles. The molecule has 4 rings (SSSR count). The molecule has 1 N–H and O–H groups in total. The molecule has 2 aliphatic rings. The number of nitriles is 2. The van der Waals surface area contributed by atoms with Crippen molar-refractivity contribution >= 4 is 12.0 Å². The van der Waals surface area contributed by atoms with Crippen molar-refractivity contribution in [1.82, 2.24) is 10.2 Å². The number of fused-ring (bicyclic) bond motifs is 2. The van der Waals surface area contributed by atoms with Gasteiger partial charge in [-0.15, -0.1) is 0 Å². The molecule has 2 aromatic rings. The third-order valence-electron chi connectivity index (χ3n) is 6.65. The number of amides is 2. The number of hydrogen-bond acceptors (Lipinski definition) is 5. The van der Waals surface area contributed by atoms with E-state index in [4.69, 9.17) is 10.00 Å². The molecule has 2 bridgehead atoms. The molecule has 2 amide bonds. The highest BCUT2D eigenvalue weighted by Crippen LogP contribution is 2.43. The highest BCUT2D eigenvalue weighted by atomic mass is 16.6. The van der Waals surface area contributed by atoms with Gasteiger partial charge in [-0.2, -0.15) is 10.5 Å². The van der Waals surface area contributed by atoms with E-state index in [-0.39, 0.29) is 17.9 Å². The van der Waals surface area contributed by atoms with Gasteiger partial charge in [-0.1, -0.05) is 36.4 Å². The first-order chi connectivity index (χ1) is 16.7. The summed E-state index contributed by atoms with van der Waals surface area (Å²) in [7, 11) is 0. The van der Waals surface area contributed by atoms with Crippen LogP contribution in [0.3, 0.4) is 0 Å². The fourth-order valence-electron chi connectivity index (χ4n) is 5.13. The molecular formula is C28H30N4O3. The van der Waals surface area contributed by atoms with E-state index in [0.717, 1.165) is 36.0 Å². The summed E-state index contributed by atoms with van der Waals surface area (Å²) in [5.41, 5.74) is 2.78. The van der Waals surface area contributed by atoms with Crippen LogP contribution in [0, 0.1) is 28.6 Å². The summed E-state index contributed by atoms with van der Waals surface area (Å²) in [6, 6.07) is 18.2. The Kier molecular flexibility index (Phi) is 6.80. The van der Waals surface area contributed by atoms with Gasteiger partial charge < -0.3 is 10.1 Å². The fourth-order valence-corrected chi connectivity index (χ4v) is 5.13. The number of benzene rings is 2. The Balaban J connectivity index is 1.42. The fraction of sp³-hybridized carbons (Fsp3) is 0.429. The molecule has 1 unspecified atom stereocenters. The number of ether oxygens (including phenoxy) is 1. The maximum Gasteiger partial charge on any atom is 0.411 e. The minimum absolute atomic E-state index is 0.0122. The van der Waals surface area contributed by atoms with Crippen LogP contribution in [0.4, 0.5) is 4.79 Å². The van der Waals surface area contributed by atoms with E-state index in [9.17, 15) is 14.9 Å². The minimum atomic E-state index is -0.713. The topological polar surface area (TPSA) is 106 Å². The Morgan fingerprint density at radius 1 is 1.11 bits per heavy atom. The summed E-state index contributed by atoms with van der Waals surface area (Å²) in [6.45, 7) is 5.43. The number of carbonyl (C=O) groups excluding carboxylic acids is 2. The van der Waals surface area contributed by atoms with E-state index in [1.165, 1.54) is 0 Å². The second kappa shape index (κ2) is 9.80. The van der Waals surface area contributed by atoms with Crippen molar-refractivity contribution in [1.29, 1.82) is 10.5 Å². The van der Waals surface area contributed by atoms with Crippen LogP contribution >= 0.6 is 0 Å². The van der Waals surface area contributed by atoms with Gasteiger partial charge >= 0.3 is 6.09 Å². The zero-order chi connectivity index (χ0) is 25.2. The average molecular weight is 471 g/mol. The van der Waals surface area contributed by atoms with Crippen LogP contribution in [0.2, 0.25) is 0 Å². The molecule has 2 fully saturated rings. The number of nitrogens with one attached hydrogen (secondary N) is 1.